The van der Waals surface area contributed by atoms with E-state index in [9.17, 15) is 4.79 Å². The van der Waals surface area contributed by atoms with Gasteiger partial charge in [-0.2, -0.15) is 0 Å². The standard InChI is InChI=1S/C10H20N2O/c1-3-5-6-10(13)12-9-8-11-7-4-2/h3,11H,1,4-9H2,2H3,(H,12,13). The van der Waals surface area contributed by atoms with Crippen LogP contribution in [0.25, 0.3) is 0 Å². The lowest BCUT2D eigenvalue weighted by atomic mass is 10.3. The Morgan fingerprint density at radius 2 is 2.15 bits per heavy atom. The van der Waals surface area contributed by atoms with E-state index in [2.05, 4.69) is 24.1 Å². The minimum absolute atomic E-state index is 0.109. The van der Waals surface area contributed by atoms with E-state index in [1.54, 1.807) is 6.08 Å². The van der Waals surface area contributed by atoms with Gasteiger partial charge in [-0.15, -0.1) is 6.58 Å². The largest absolute Gasteiger partial charge is 0.355 e. The fourth-order valence-corrected chi connectivity index (χ4v) is 0.914. The first-order valence-corrected chi connectivity index (χ1v) is 4.89. The predicted octanol–water partition coefficient (Wildman–Crippen LogP) is 1.07. The normalized spacial score (nSPS) is 9.62. The lowest BCUT2D eigenvalue weighted by Gasteiger charge is -2.04. The van der Waals surface area contributed by atoms with E-state index in [4.69, 9.17) is 0 Å². The van der Waals surface area contributed by atoms with E-state index in [-0.39, 0.29) is 5.91 Å². The molecule has 0 rings (SSSR count). The van der Waals surface area contributed by atoms with Crippen LogP contribution in [0.4, 0.5) is 0 Å². The number of nitrogens with one attached hydrogen (secondary N) is 2. The van der Waals surface area contributed by atoms with Gasteiger partial charge in [-0.05, 0) is 19.4 Å². The summed E-state index contributed by atoms with van der Waals surface area (Å²) in [5.74, 6) is 0.109. The SMILES string of the molecule is C=CCCC(=O)NCCNCCC. The number of amides is 1. The van der Waals surface area contributed by atoms with Crippen molar-refractivity contribution in [3.63, 3.8) is 0 Å². The number of carbonyl (C=O) groups excluding carboxylic acids is 1. The van der Waals surface area contributed by atoms with Crippen molar-refractivity contribution in [2.75, 3.05) is 19.6 Å². The molecule has 0 aliphatic carbocycles. The second-order valence-corrected chi connectivity index (χ2v) is 2.93. The highest BCUT2D eigenvalue weighted by Gasteiger charge is 1.96. The van der Waals surface area contributed by atoms with Gasteiger partial charge >= 0.3 is 0 Å². The predicted molar refractivity (Wildman–Crippen MR) is 55.6 cm³/mol. The van der Waals surface area contributed by atoms with Crippen molar-refractivity contribution >= 4 is 5.91 Å². The van der Waals surface area contributed by atoms with Crippen LogP contribution in [0.1, 0.15) is 26.2 Å². The van der Waals surface area contributed by atoms with Gasteiger partial charge in [0.1, 0.15) is 0 Å². The van der Waals surface area contributed by atoms with Crippen LogP contribution in [0.15, 0.2) is 12.7 Å². The minimum Gasteiger partial charge on any atom is -0.355 e. The summed E-state index contributed by atoms with van der Waals surface area (Å²) < 4.78 is 0. The Morgan fingerprint density at radius 1 is 1.38 bits per heavy atom. The molecule has 3 nitrogen and oxygen atoms in total. The second kappa shape index (κ2) is 9.26. The molecule has 0 aromatic rings. The van der Waals surface area contributed by atoms with Gasteiger partial charge < -0.3 is 10.6 Å². The molecule has 0 aromatic carbocycles. The first-order chi connectivity index (χ1) is 6.31. The Morgan fingerprint density at radius 3 is 2.77 bits per heavy atom. The molecule has 2 N–H and O–H groups in total. The molecular weight excluding hydrogens is 164 g/mol. The first kappa shape index (κ1) is 12.2. The average Bonchev–Trinajstić information content (AvgIpc) is 2.14. The maximum absolute atomic E-state index is 11.0. The van der Waals surface area contributed by atoms with Gasteiger partial charge in [-0.25, -0.2) is 0 Å². The monoisotopic (exact) mass is 184 g/mol. The quantitative estimate of drug-likeness (QED) is 0.437. The highest BCUT2D eigenvalue weighted by molar-refractivity contribution is 5.75. The molecule has 0 aromatic heterocycles. The number of allylic oxidation sites excluding steroid dienone is 1. The molecule has 0 aliphatic rings. The van der Waals surface area contributed by atoms with Crippen molar-refractivity contribution in [3.8, 4) is 0 Å². The van der Waals surface area contributed by atoms with Crippen LogP contribution in [0.5, 0.6) is 0 Å². The van der Waals surface area contributed by atoms with Gasteiger partial charge in [-0.1, -0.05) is 13.0 Å². The Bertz CT molecular complexity index is 146. The summed E-state index contributed by atoms with van der Waals surface area (Å²) in [6.45, 7) is 8.27. The van der Waals surface area contributed by atoms with E-state index in [1.165, 1.54) is 0 Å². The van der Waals surface area contributed by atoms with Crippen molar-refractivity contribution < 1.29 is 4.79 Å². The van der Waals surface area contributed by atoms with Crippen molar-refractivity contribution in [3.05, 3.63) is 12.7 Å². The van der Waals surface area contributed by atoms with Gasteiger partial charge in [0.15, 0.2) is 0 Å². The summed E-state index contributed by atoms with van der Waals surface area (Å²) in [6, 6.07) is 0. The number of carbonyl (C=O) groups is 1. The maximum Gasteiger partial charge on any atom is 0.220 e. The molecule has 1 amide bonds. The Labute approximate surface area is 80.6 Å². The highest BCUT2D eigenvalue weighted by atomic mass is 16.1. The van der Waals surface area contributed by atoms with Crippen molar-refractivity contribution in [1.29, 1.82) is 0 Å². The average molecular weight is 184 g/mol. The smallest absolute Gasteiger partial charge is 0.220 e. The Balaban J connectivity index is 3.12. The molecule has 13 heavy (non-hydrogen) atoms. The van der Waals surface area contributed by atoms with E-state index >= 15 is 0 Å². The van der Waals surface area contributed by atoms with Gasteiger partial charge in [0.05, 0.1) is 0 Å². The Hall–Kier alpha value is -0.830. The number of rotatable bonds is 8. The molecule has 0 fully saturated rings. The van der Waals surface area contributed by atoms with Gasteiger partial charge in [0.2, 0.25) is 5.91 Å². The van der Waals surface area contributed by atoms with Crippen LogP contribution in [-0.4, -0.2) is 25.5 Å². The fraction of sp³-hybridized carbons (Fsp3) is 0.700. The molecular formula is C10H20N2O. The van der Waals surface area contributed by atoms with Crippen LogP contribution in [0, 0.1) is 0 Å². The van der Waals surface area contributed by atoms with Gasteiger partial charge in [0.25, 0.3) is 0 Å². The summed E-state index contributed by atoms with van der Waals surface area (Å²) in [5, 5.41) is 6.04. The van der Waals surface area contributed by atoms with Crippen LogP contribution in [0.3, 0.4) is 0 Å². The van der Waals surface area contributed by atoms with Crippen LogP contribution in [0.2, 0.25) is 0 Å². The summed E-state index contributed by atoms with van der Waals surface area (Å²) >= 11 is 0. The van der Waals surface area contributed by atoms with Crippen molar-refractivity contribution in [2.45, 2.75) is 26.2 Å². The summed E-state index contributed by atoms with van der Waals surface area (Å²) in [5.41, 5.74) is 0. The molecule has 3 heteroatoms. The lowest BCUT2D eigenvalue weighted by molar-refractivity contribution is -0.120. The maximum atomic E-state index is 11.0. The molecule has 0 atom stereocenters. The second-order valence-electron chi connectivity index (χ2n) is 2.93. The molecule has 0 aliphatic heterocycles. The highest BCUT2D eigenvalue weighted by Crippen LogP contribution is 1.87. The molecule has 0 spiro atoms. The molecule has 76 valence electrons. The molecule has 0 bridgehead atoms. The third-order valence-electron chi connectivity index (χ3n) is 1.63. The Kier molecular flexibility index (Phi) is 8.67. The molecule has 0 radical (unpaired) electrons. The number of hydrogen-bond donors (Lipinski definition) is 2. The van der Waals surface area contributed by atoms with Crippen molar-refractivity contribution in [1.82, 2.24) is 10.6 Å². The lowest BCUT2D eigenvalue weighted by Crippen LogP contribution is -2.31. The topological polar surface area (TPSA) is 41.1 Å². The molecule has 0 saturated heterocycles. The van der Waals surface area contributed by atoms with Crippen LogP contribution < -0.4 is 10.6 Å². The number of hydrogen-bond acceptors (Lipinski definition) is 2. The van der Waals surface area contributed by atoms with E-state index in [0.29, 0.717) is 6.42 Å². The first-order valence-electron chi connectivity index (χ1n) is 4.89. The fourth-order valence-electron chi connectivity index (χ4n) is 0.914. The van der Waals surface area contributed by atoms with Crippen LogP contribution >= 0.6 is 0 Å². The van der Waals surface area contributed by atoms with E-state index < -0.39 is 0 Å². The van der Waals surface area contributed by atoms with E-state index in [0.717, 1.165) is 32.5 Å². The zero-order chi connectivity index (χ0) is 9.94. The summed E-state index contributed by atoms with van der Waals surface area (Å²) in [4.78, 5) is 11.0. The summed E-state index contributed by atoms with van der Waals surface area (Å²) in [6.07, 6.45) is 4.20. The molecule has 0 unspecified atom stereocenters. The van der Waals surface area contributed by atoms with E-state index in [1.807, 2.05) is 0 Å². The third kappa shape index (κ3) is 9.08. The van der Waals surface area contributed by atoms with Crippen molar-refractivity contribution in [2.24, 2.45) is 0 Å². The minimum atomic E-state index is 0.109. The molecule has 0 saturated carbocycles. The zero-order valence-corrected chi connectivity index (χ0v) is 8.44. The summed E-state index contributed by atoms with van der Waals surface area (Å²) in [7, 11) is 0. The third-order valence-corrected chi connectivity index (χ3v) is 1.63. The van der Waals surface area contributed by atoms with Gasteiger partial charge in [-0.3, -0.25) is 4.79 Å². The zero-order valence-electron chi connectivity index (χ0n) is 8.44. The van der Waals surface area contributed by atoms with Crippen LogP contribution in [-0.2, 0) is 4.79 Å². The van der Waals surface area contributed by atoms with Gasteiger partial charge in [0, 0.05) is 19.5 Å². The molecule has 0 heterocycles.